The van der Waals surface area contributed by atoms with Gasteiger partial charge in [0.1, 0.15) is 0 Å². The summed E-state index contributed by atoms with van der Waals surface area (Å²) in [5.41, 5.74) is -1.53. The van der Waals surface area contributed by atoms with Crippen molar-refractivity contribution in [2.75, 3.05) is 5.32 Å². The molecular weight excluding hydrogens is 245 g/mol. The van der Waals surface area contributed by atoms with Crippen LogP contribution in [0.15, 0.2) is 30.4 Å². The van der Waals surface area contributed by atoms with Gasteiger partial charge in [-0.05, 0) is 31.2 Å². The number of rotatable bonds is 2. The monoisotopic (exact) mass is 254 g/mol. The molecule has 0 aliphatic carbocycles. The Morgan fingerprint density at radius 2 is 2.11 bits per heavy atom. The van der Waals surface area contributed by atoms with Gasteiger partial charge in [-0.3, -0.25) is 4.79 Å². The van der Waals surface area contributed by atoms with Crippen molar-refractivity contribution >= 4 is 11.6 Å². The van der Waals surface area contributed by atoms with Crippen molar-refractivity contribution in [3.05, 3.63) is 41.5 Å². The molecule has 18 heavy (non-hydrogen) atoms. The number of carbonyl (C=O) groups excluding carboxylic acids is 1. The molecule has 0 aromatic heterocycles. The summed E-state index contributed by atoms with van der Waals surface area (Å²) in [4.78, 5) is 11.2. The van der Waals surface area contributed by atoms with E-state index in [1.165, 1.54) is 12.1 Å². The van der Waals surface area contributed by atoms with Gasteiger partial charge in [0, 0.05) is 0 Å². The fourth-order valence-electron chi connectivity index (χ4n) is 1.28. The average molecular weight is 254 g/mol. The Labute approximate surface area is 102 Å². The molecule has 1 amide bonds. The first kappa shape index (κ1) is 13.8. The summed E-state index contributed by atoms with van der Waals surface area (Å²) in [6.45, 7) is 1.57. The highest BCUT2D eigenvalue weighted by atomic mass is 19.4. The van der Waals surface area contributed by atoms with Crippen molar-refractivity contribution in [3.63, 3.8) is 0 Å². The van der Waals surface area contributed by atoms with E-state index in [9.17, 15) is 18.0 Å². The van der Waals surface area contributed by atoms with Crippen molar-refractivity contribution in [3.8, 4) is 6.07 Å². The fourth-order valence-corrected chi connectivity index (χ4v) is 1.28. The Bertz CT molecular complexity index is 527. The van der Waals surface area contributed by atoms with Gasteiger partial charge in [-0.15, -0.1) is 0 Å². The number of alkyl halides is 3. The molecule has 0 unspecified atom stereocenters. The normalized spacial score (nSPS) is 11.3. The number of benzene rings is 1. The SMILES string of the molecule is CC=CC(=O)Nc1ccc(C#N)cc1C(F)(F)F. The molecule has 0 radical (unpaired) electrons. The van der Waals surface area contributed by atoms with E-state index in [1.807, 2.05) is 0 Å². The zero-order valence-corrected chi connectivity index (χ0v) is 9.38. The first-order valence-electron chi connectivity index (χ1n) is 4.93. The average Bonchev–Trinajstić information content (AvgIpc) is 2.28. The topological polar surface area (TPSA) is 52.9 Å². The van der Waals surface area contributed by atoms with Crippen LogP contribution < -0.4 is 5.32 Å². The molecule has 0 aliphatic heterocycles. The lowest BCUT2D eigenvalue weighted by atomic mass is 10.1. The van der Waals surface area contributed by atoms with Crippen molar-refractivity contribution in [2.24, 2.45) is 0 Å². The van der Waals surface area contributed by atoms with Crippen molar-refractivity contribution in [1.29, 1.82) is 5.26 Å². The van der Waals surface area contributed by atoms with Crippen LogP contribution in [-0.4, -0.2) is 5.91 Å². The van der Waals surface area contributed by atoms with Crippen LogP contribution in [0.4, 0.5) is 18.9 Å². The van der Waals surface area contributed by atoms with E-state index in [0.717, 1.165) is 12.1 Å². The minimum absolute atomic E-state index is 0.119. The Balaban J connectivity index is 3.20. The van der Waals surface area contributed by atoms with E-state index in [-0.39, 0.29) is 11.3 Å². The van der Waals surface area contributed by atoms with E-state index in [4.69, 9.17) is 5.26 Å². The number of nitrogens with one attached hydrogen (secondary N) is 1. The largest absolute Gasteiger partial charge is 0.418 e. The molecule has 1 N–H and O–H groups in total. The molecule has 0 saturated heterocycles. The predicted molar refractivity (Wildman–Crippen MR) is 59.6 cm³/mol. The zero-order chi connectivity index (χ0) is 13.8. The number of hydrogen-bond acceptors (Lipinski definition) is 2. The van der Waals surface area contributed by atoms with E-state index < -0.39 is 17.6 Å². The summed E-state index contributed by atoms with van der Waals surface area (Å²) < 4.78 is 38.2. The van der Waals surface area contributed by atoms with Crippen LogP contribution in [0.5, 0.6) is 0 Å². The Morgan fingerprint density at radius 1 is 1.44 bits per heavy atom. The molecule has 6 heteroatoms. The smallest absolute Gasteiger partial charge is 0.322 e. The Morgan fingerprint density at radius 3 is 2.61 bits per heavy atom. The third-order valence-electron chi connectivity index (χ3n) is 2.03. The van der Waals surface area contributed by atoms with Gasteiger partial charge in [0.25, 0.3) is 0 Å². The number of halogens is 3. The molecular formula is C12H9F3N2O. The summed E-state index contributed by atoms with van der Waals surface area (Å²) in [6.07, 6.45) is -2.12. The van der Waals surface area contributed by atoms with Crippen molar-refractivity contribution in [1.82, 2.24) is 0 Å². The van der Waals surface area contributed by atoms with Crippen LogP contribution in [0.3, 0.4) is 0 Å². The van der Waals surface area contributed by atoms with E-state index in [2.05, 4.69) is 5.32 Å². The molecule has 94 valence electrons. The summed E-state index contributed by atoms with van der Waals surface area (Å²) in [5.74, 6) is -0.660. The highest BCUT2D eigenvalue weighted by Gasteiger charge is 2.34. The van der Waals surface area contributed by atoms with Gasteiger partial charge in [0.2, 0.25) is 5.91 Å². The number of hydrogen-bond donors (Lipinski definition) is 1. The fraction of sp³-hybridized carbons (Fsp3) is 0.167. The van der Waals surface area contributed by atoms with Crippen LogP contribution in [-0.2, 0) is 11.0 Å². The van der Waals surface area contributed by atoms with Crippen LogP contribution in [0, 0.1) is 11.3 Å². The molecule has 0 spiro atoms. The minimum Gasteiger partial charge on any atom is -0.322 e. The standard InChI is InChI=1S/C12H9F3N2O/c1-2-3-11(18)17-10-5-4-8(7-16)6-9(10)12(13,14)15/h2-6H,1H3,(H,17,18). The molecule has 0 atom stereocenters. The van der Waals surface area contributed by atoms with Crippen molar-refractivity contribution < 1.29 is 18.0 Å². The second kappa shape index (κ2) is 5.36. The third-order valence-corrected chi connectivity index (χ3v) is 2.03. The first-order valence-corrected chi connectivity index (χ1v) is 4.93. The molecule has 0 fully saturated rings. The molecule has 1 aromatic rings. The highest BCUT2D eigenvalue weighted by molar-refractivity contribution is 5.99. The van der Waals surface area contributed by atoms with E-state index in [0.29, 0.717) is 6.07 Å². The Hall–Kier alpha value is -2.29. The van der Waals surface area contributed by atoms with Gasteiger partial charge in [0.15, 0.2) is 0 Å². The maximum absolute atomic E-state index is 12.7. The van der Waals surface area contributed by atoms with Gasteiger partial charge in [0.05, 0.1) is 22.9 Å². The van der Waals surface area contributed by atoms with Gasteiger partial charge in [-0.25, -0.2) is 0 Å². The lowest BCUT2D eigenvalue weighted by Crippen LogP contribution is -2.14. The molecule has 0 heterocycles. The minimum atomic E-state index is -4.63. The van der Waals surface area contributed by atoms with Crippen molar-refractivity contribution in [2.45, 2.75) is 13.1 Å². The van der Waals surface area contributed by atoms with Crippen LogP contribution in [0.25, 0.3) is 0 Å². The number of allylic oxidation sites excluding steroid dienone is 1. The summed E-state index contributed by atoms with van der Waals surface area (Å²) >= 11 is 0. The molecule has 1 aromatic carbocycles. The van der Waals surface area contributed by atoms with Gasteiger partial charge < -0.3 is 5.32 Å². The molecule has 0 aliphatic rings. The Kier molecular flexibility index (Phi) is 4.10. The van der Waals surface area contributed by atoms with E-state index >= 15 is 0 Å². The van der Waals surface area contributed by atoms with Gasteiger partial charge in [-0.2, -0.15) is 18.4 Å². The number of amides is 1. The second-order valence-electron chi connectivity index (χ2n) is 3.36. The van der Waals surface area contributed by atoms with Gasteiger partial charge in [-0.1, -0.05) is 6.08 Å². The summed E-state index contributed by atoms with van der Waals surface area (Å²) in [7, 11) is 0. The zero-order valence-electron chi connectivity index (χ0n) is 9.38. The van der Waals surface area contributed by atoms with Crippen LogP contribution >= 0.6 is 0 Å². The maximum atomic E-state index is 12.7. The number of anilines is 1. The molecule has 0 saturated carbocycles. The van der Waals surface area contributed by atoms with Crippen LogP contribution in [0.1, 0.15) is 18.1 Å². The lowest BCUT2D eigenvalue weighted by molar-refractivity contribution is -0.137. The third kappa shape index (κ3) is 3.35. The molecule has 3 nitrogen and oxygen atoms in total. The highest BCUT2D eigenvalue weighted by Crippen LogP contribution is 2.35. The maximum Gasteiger partial charge on any atom is 0.418 e. The van der Waals surface area contributed by atoms with E-state index in [1.54, 1.807) is 13.0 Å². The number of nitriles is 1. The quantitative estimate of drug-likeness (QED) is 0.824. The first-order chi connectivity index (χ1) is 8.38. The molecule has 0 bridgehead atoms. The number of carbonyl (C=O) groups is 1. The predicted octanol–water partition coefficient (Wildman–Crippen LogP) is 3.09. The summed E-state index contributed by atoms with van der Waals surface area (Å²) in [6, 6.07) is 4.59. The summed E-state index contributed by atoms with van der Waals surface area (Å²) in [5, 5.41) is 10.7. The lowest BCUT2D eigenvalue weighted by Gasteiger charge is -2.13. The number of nitrogens with zero attached hydrogens (tertiary/aromatic N) is 1. The van der Waals surface area contributed by atoms with Gasteiger partial charge >= 0.3 is 6.18 Å². The second-order valence-corrected chi connectivity index (χ2v) is 3.36. The molecule has 1 rings (SSSR count). The van der Waals surface area contributed by atoms with Crippen LogP contribution in [0.2, 0.25) is 0 Å².